The molecule has 0 atom stereocenters. The van der Waals surface area contributed by atoms with Gasteiger partial charge in [0.2, 0.25) is 0 Å². The Kier molecular flexibility index (Phi) is 6.41. The monoisotopic (exact) mass is 445 g/mol. The van der Waals surface area contributed by atoms with Gasteiger partial charge in [0.15, 0.2) is 10.3 Å². The zero-order valence-corrected chi connectivity index (χ0v) is 15.7. The highest BCUT2D eigenvalue weighted by atomic mass is 35.5. The molecule has 1 heterocycles. The fourth-order valence-corrected chi connectivity index (χ4v) is 3.51. The van der Waals surface area contributed by atoms with Crippen LogP contribution in [0.4, 0.5) is 16.2 Å². The van der Waals surface area contributed by atoms with Crippen molar-refractivity contribution >= 4 is 86.4 Å². The number of hydrogen-bond donors (Lipinski definition) is 1. The van der Waals surface area contributed by atoms with Crippen molar-refractivity contribution in [3.8, 4) is 0 Å². The minimum atomic E-state index is -0.604. The molecule has 0 unspecified atom stereocenters. The number of nitro benzene ring substituents is 1. The maximum atomic E-state index is 12.1. The molecule has 0 saturated carbocycles. The summed E-state index contributed by atoms with van der Waals surface area (Å²) in [6.07, 6.45) is 0. The predicted octanol–water partition coefficient (Wildman–Crippen LogP) is 6.58. The van der Waals surface area contributed by atoms with Gasteiger partial charge in [0.1, 0.15) is 0 Å². The van der Waals surface area contributed by atoms with E-state index in [4.69, 9.17) is 58.0 Å². The standard InChI is InChI=1S/C12H4Cl5N3O3S/c13-5-3-4(20(22)23)1-2-6(5)18-12(21)24-9-7(14)10(16)19-11(17)8(9)15/h1-3H,(H,18,21). The van der Waals surface area contributed by atoms with Gasteiger partial charge in [-0.15, -0.1) is 0 Å². The number of halogens is 5. The van der Waals surface area contributed by atoms with Crippen LogP contribution in [0.25, 0.3) is 0 Å². The average molecular weight is 448 g/mol. The van der Waals surface area contributed by atoms with E-state index in [9.17, 15) is 14.9 Å². The number of hydrogen-bond acceptors (Lipinski definition) is 5. The highest BCUT2D eigenvalue weighted by Gasteiger charge is 2.20. The second kappa shape index (κ2) is 7.95. The smallest absolute Gasteiger partial charge is 0.288 e. The second-order valence-electron chi connectivity index (χ2n) is 4.09. The van der Waals surface area contributed by atoms with Crippen molar-refractivity contribution in [1.29, 1.82) is 0 Å². The average Bonchev–Trinajstić information content (AvgIpc) is 2.51. The van der Waals surface area contributed by atoms with Gasteiger partial charge in [0, 0.05) is 12.1 Å². The summed E-state index contributed by atoms with van der Waals surface area (Å²) in [5.41, 5.74) is -0.0253. The van der Waals surface area contributed by atoms with Crippen LogP contribution in [0.1, 0.15) is 0 Å². The molecule has 0 saturated heterocycles. The Morgan fingerprint density at radius 3 is 2.21 bits per heavy atom. The Labute approximate surface area is 164 Å². The van der Waals surface area contributed by atoms with Gasteiger partial charge in [0.25, 0.3) is 10.9 Å². The van der Waals surface area contributed by atoms with E-state index in [1.165, 1.54) is 12.1 Å². The summed E-state index contributed by atoms with van der Waals surface area (Å²) in [7, 11) is 0. The SMILES string of the molecule is O=C(Nc1ccc([N+](=O)[O-])cc1Cl)Sc1c(Cl)c(Cl)nc(Cl)c1Cl. The lowest BCUT2D eigenvalue weighted by Crippen LogP contribution is -2.06. The second-order valence-corrected chi connectivity index (χ2v) is 6.95. The number of thioether (sulfide) groups is 1. The third-order valence-electron chi connectivity index (χ3n) is 2.55. The van der Waals surface area contributed by atoms with E-state index < -0.39 is 10.2 Å². The Morgan fingerprint density at radius 1 is 1.12 bits per heavy atom. The van der Waals surface area contributed by atoms with Gasteiger partial charge in [0.05, 0.1) is 30.6 Å². The maximum absolute atomic E-state index is 12.1. The van der Waals surface area contributed by atoms with E-state index in [0.717, 1.165) is 6.07 Å². The third kappa shape index (κ3) is 4.36. The minimum absolute atomic E-state index is 0.00105. The predicted molar refractivity (Wildman–Crippen MR) is 97.3 cm³/mol. The lowest BCUT2D eigenvalue weighted by atomic mass is 10.3. The van der Waals surface area contributed by atoms with Gasteiger partial charge in [-0.1, -0.05) is 58.0 Å². The first-order chi connectivity index (χ1) is 11.2. The van der Waals surface area contributed by atoms with Gasteiger partial charge in [-0.3, -0.25) is 14.9 Å². The van der Waals surface area contributed by atoms with Crippen LogP contribution in [0, 0.1) is 10.1 Å². The summed E-state index contributed by atoms with van der Waals surface area (Å²) in [5.74, 6) is 0. The first kappa shape index (κ1) is 19.4. The summed E-state index contributed by atoms with van der Waals surface area (Å²) in [5, 5.41) is 12.3. The molecule has 1 amide bonds. The molecule has 0 radical (unpaired) electrons. The molecule has 1 N–H and O–H groups in total. The number of benzene rings is 1. The Hall–Kier alpha value is -0.960. The first-order valence-electron chi connectivity index (χ1n) is 5.83. The van der Waals surface area contributed by atoms with Crippen LogP contribution in [-0.4, -0.2) is 15.1 Å². The molecule has 6 nitrogen and oxygen atoms in total. The number of nitro groups is 1. The van der Waals surface area contributed by atoms with E-state index in [0.29, 0.717) is 11.8 Å². The Balaban J connectivity index is 2.22. The van der Waals surface area contributed by atoms with Crippen LogP contribution in [0.3, 0.4) is 0 Å². The molecule has 0 aliphatic rings. The summed E-state index contributed by atoms with van der Waals surface area (Å²) in [4.78, 5) is 26.0. The van der Waals surface area contributed by atoms with E-state index in [1.807, 2.05) is 0 Å². The molecule has 24 heavy (non-hydrogen) atoms. The van der Waals surface area contributed by atoms with Gasteiger partial charge in [-0.25, -0.2) is 4.98 Å². The van der Waals surface area contributed by atoms with Crippen LogP contribution in [0.5, 0.6) is 0 Å². The van der Waals surface area contributed by atoms with Crippen molar-refractivity contribution in [2.24, 2.45) is 0 Å². The molecule has 0 spiro atoms. The molecule has 0 bridgehead atoms. The van der Waals surface area contributed by atoms with Crippen LogP contribution in [0.2, 0.25) is 25.4 Å². The van der Waals surface area contributed by atoms with Crippen molar-refractivity contribution in [1.82, 2.24) is 4.98 Å². The van der Waals surface area contributed by atoms with Crippen molar-refractivity contribution in [3.63, 3.8) is 0 Å². The number of amides is 1. The molecule has 12 heteroatoms. The fourth-order valence-electron chi connectivity index (χ4n) is 1.50. The zero-order chi connectivity index (χ0) is 18.0. The highest BCUT2D eigenvalue weighted by Crippen LogP contribution is 2.41. The normalized spacial score (nSPS) is 10.5. The number of non-ortho nitro benzene ring substituents is 1. The minimum Gasteiger partial charge on any atom is -0.315 e. The molecule has 0 fully saturated rings. The number of aromatic nitrogens is 1. The molecule has 0 aliphatic heterocycles. The molecular formula is C12H4Cl5N3O3S. The Bertz CT molecular complexity index is 823. The lowest BCUT2D eigenvalue weighted by molar-refractivity contribution is -0.384. The summed E-state index contributed by atoms with van der Waals surface area (Å²) >= 11 is 30.0. The van der Waals surface area contributed by atoms with Crippen molar-refractivity contribution in [3.05, 3.63) is 53.7 Å². The molecule has 1 aromatic carbocycles. The van der Waals surface area contributed by atoms with Crippen LogP contribution >= 0.6 is 69.8 Å². The number of nitrogens with one attached hydrogen (secondary N) is 1. The third-order valence-corrected chi connectivity index (χ3v) is 5.47. The van der Waals surface area contributed by atoms with Gasteiger partial charge in [-0.2, -0.15) is 0 Å². The van der Waals surface area contributed by atoms with Gasteiger partial charge in [-0.05, 0) is 17.8 Å². The molecular weight excluding hydrogens is 443 g/mol. The Morgan fingerprint density at radius 2 is 1.71 bits per heavy atom. The van der Waals surface area contributed by atoms with E-state index in [-0.39, 0.29) is 41.6 Å². The highest BCUT2D eigenvalue weighted by molar-refractivity contribution is 8.14. The van der Waals surface area contributed by atoms with E-state index in [2.05, 4.69) is 10.3 Å². The van der Waals surface area contributed by atoms with Gasteiger partial charge >= 0.3 is 0 Å². The molecule has 1 aromatic heterocycles. The van der Waals surface area contributed by atoms with Crippen LogP contribution < -0.4 is 5.32 Å². The molecule has 2 rings (SSSR count). The number of rotatable bonds is 3. The lowest BCUT2D eigenvalue weighted by Gasteiger charge is -2.10. The number of pyridine rings is 1. The van der Waals surface area contributed by atoms with E-state index in [1.54, 1.807) is 0 Å². The fraction of sp³-hybridized carbons (Fsp3) is 0. The van der Waals surface area contributed by atoms with E-state index >= 15 is 0 Å². The molecule has 2 aromatic rings. The first-order valence-corrected chi connectivity index (χ1v) is 8.54. The summed E-state index contributed by atoms with van der Waals surface area (Å²) < 4.78 is 0. The maximum Gasteiger partial charge on any atom is 0.288 e. The number of nitrogens with zero attached hydrogens (tertiary/aromatic N) is 2. The molecule has 126 valence electrons. The van der Waals surface area contributed by atoms with Gasteiger partial charge < -0.3 is 5.32 Å². The quantitative estimate of drug-likeness (QED) is 0.249. The number of carbonyl (C=O) groups excluding carboxylic acids is 1. The topological polar surface area (TPSA) is 85.1 Å². The zero-order valence-electron chi connectivity index (χ0n) is 11.1. The summed E-state index contributed by atoms with van der Waals surface area (Å²) in [6, 6.07) is 3.61. The van der Waals surface area contributed by atoms with Crippen molar-refractivity contribution < 1.29 is 9.72 Å². The van der Waals surface area contributed by atoms with Crippen molar-refractivity contribution in [2.75, 3.05) is 5.32 Å². The largest absolute Gasteiger partial charge is 0.315 e. The van der Waals surface area contributed by atoms with Crippen LogP contribution in [-0.2, 0) is 0 Å². The van der Waals surface area contributed by atoms with Crippen molar-refractivity contribution in [2.45, 2.75) is 4.90 Å². The number of anilines is 1. The number of carbonyl (C=O) groups is 1. The molecule has 0 aliphatic carbocycles. The van der Waals surface area contributed by atoms with Crippen LogP contribution in [0.15, 0.2) is 23.1 Å². The summed E-state index contributed by atoms with van der Waals surface area (Å²) in [6.45, 7) is 0.